The molecule has 0 aromatic heterocycles. The summed E-state index contributed by atoms with van der Waals surface area (Å²) in [5, 5.41) is 9.85. The van der Waals surface area contributed by atoms with Crippen molar-refractivity contribution in [1.82, 2.24) is 4.90 Å². The molecular formula is C22H25NO4. The summed E-state index contributed by atoms with van der Waals surface area (Å²) in [5.41, 5.74) is 1.94. The molecule has 1 heterocycles. The number of benzene rings is 2. The van der Waals surface area contributed by atoms with Gasteiger partial charge in [-0.05, 0) is 49.4 Å². The molecule has 2 aromatic carbocycles. The van der Waals surface area contributed by atoms with Gasteiger partial charge in [0.25, 0.3) is 5.91 Å². The number of carboxylic acids is 1. The van der Waals surface area contributed by atoms with Crippen molar-refractivity contribution >= 4 is 11.9 Å². The minimum absolute atomic E-state index is 0.0320. The lowest BCUT2D eigenvalue weighted by atomic mass is 9.73. The highest BCUT2D eigenvalue weighted by atomic mass is 16.5. The fourth-order valence-electron chi connectivity index (χ4n) is 3.61. The molecule has 27 heavy (non-hydrogen) atoms. The highest BCUT2D eigenvalue weighted by Crippen LogP contribution is 2.36. The van der Waals surface area contributed by atoms with E-state index in [1.165, 1.54) is 0 Å². The predicted octanol–water partition coefficient (Wildman–Crippen LogP) is 3.33. The highest BCUT2D eigenvalue weighted by molar-refractivity contribution is 5.83. The maximum Gasteiger partial charge on any atom is 0.314 e. The van der Waals surface area contributed by atoms with Crippen LogP contribution in [0.4, 0.5) is 0 Å². The van der Waals surface area contributed by atoms with E-state index >= 15 is 0 Å². The average Bonchev–Trinajstić information content (AvgIpc) is 2.69. The first kappa shape index (κ1) is 19.0. The third-order valence-corrected chi connectivity index (χ3v) is 5.40. The SMILES string of the molecule is Cc1ccc(C)c(OCC(=O)N2CCC(C(=O)O)(c3ccccc3)CC2)c1. The van der Waals surface area contributed by atoms with E-state index in [-0.39, 0.29) is 12.5 Å². The zero-order chi connectivity index (χ0) is 19.4. The van der Waals surface area contributed by atoms with Crippen LogP contribution in [0.3, 0.4) is 0 Å². The molecule has 1 saturated heterocycles. The number of carboxylic acid groups (broad SMARTS) is 1. The monoisotopic (exact) mass is 367 g/mol. The average molecular weight is 367 g/mol. The molecule has 142 valence electrons. The third-order valence-electron chi connectivity index (χ3n) is 5.40. The highest BCUT2D eigenvalue weighted by Gasteiger charge is 2.43. The lowest BCUT2D eigenvalue weighted by Gasteiger charge is -2.39. The molecule has 0 radical (unpaired) electrons. The molecule has 3 rings (SSSR count). The van der Waals surface area contributed by atoms with Gasteiger partial charge in [0.15, 0.2) is 6.61 Å². The van der Waals surface area contributed by atoms with E-state index in [0.29, 0.717) is 31.7 Å². The summed E-state index contributed by atoms with van der Waals surface area (Å²) in [5.74, 6) is -0.222. The van der Waals surface area contributed by atoms with Crippen LogP contribution in [0.15, 0.2) is 48.5 Å². The van der Waals surface area contributed by atoms with Gasteiger partial charge in [-0.15, -0.1) is 0 Å². The Morgan fingerprint density at radius 1 is 1.07 bits per heavy atom. The standard InChI is InChI=1S/C22H25NO4/c1-16-8-9-17(2)19(14-16)27-15-20(24)23-12-10-22(11-13-23,21(25)26)18-6-4-3-5-7-18/h3-9,14H,10-13,15H2,1-2H3,(H,25,26). The zero-order valence-corrected chi connectivity index (χ0v) is 15.8. The molecule has 5 nitrogen and oxygen atoms in total. The molecule has 1 amide bonds. The predicted molar refractivity (Wildman–Crippen MR) is 103 cm³/mol. The fourth-order valence-corrected chi connectivity index (χ4v) is 3.61. The van der Waals surface area contributed by atoms with Crippen LogP contribution in [0, 0.1) is 13.8 Å². The van der Waals surface area contributed by atoms with Crippen molar-refractivity contribution in [3.05, 3.63) is 65.2 Å². The van der Waals surface area contributed by atoms with Crippen LogP contribution in [-0.4, -0.2) is 41.6 Å². The maximum absolute atomic E-state index is 12.5. The number of aliphatic carboxylic acids is 1. The number of amides is 1. The Hall–Kier alpha value is -2.82. The van der Waals surface area contributed by atoms with Crippen molar-refractivity contribution < 1.29 is 19.4 Å². The Labute approximate surface area is 159 Å². The summed E-state index contributed by atoms with van der Waals surface area (Å²) in [6, 6.07) is 15.2. The summed E-state index contributed by atoms with van der Waals surface area (Å²) >= 11 is 0. The van der Waals surface area contributed by atoms with E-state index in [0.717, 1.165) is 16.7 Å². The number of piperidine rings is 1. The Morgan fingerprint density at radius 3 is 2.37 bits per heavy atom. The molecule has 0 unspecified atom stereocenters. The van der Waals surface area contributed by atoms with Crippen LogP contribution >= 0.6 is 0 Å². The second kappa shape index (κ2) is 7.82. The minimum atomic E-state index is -0.925. The van der Waals surface area contributed by atoms with Crippen LogP contribution in [-0.2, 0) is 15.0 Å². The van der Waals surface area contributed by atoms with E-state index in [1.807, 2.05) is 62.4 Å². The second-order valence-corrected chi connectivity index (χ2v) is 7.19. The van der Waals surface area contributed by atoms with Crippen LogP contribution < -0.4 is 4.74 Å². The number of likely N-dealkylation sites (tertiary alicyclic amines) is 1. The first-order valence-corrected chi connectivity index (χ1v) is 9.19. The van der Waals surface area contributed by atoms with Crippen molar-refractivity contribution in [3.8, 4) is 5.75 Å². The lowest BCUT2D eigenvalue weighted by Crippen LogP contribution is -2.50. The molecule has 5 heteroatoms. The topological polar surface area (TPSA) is 66.8 Å². The molecule has 1 aliphatic rings. The number of aryl methyl sites for hydroxylation is 2. The molecule has 0 aliphatic carbocycles. The van der Waals surface area contributed by atoms with Gasteiger partial charge in [-0.25, -0.2) is 0 Å². The van der Waals surface area contributed by atoms with Gasteiger partial charge in [0.1, 0.15) is 5.75 Å². The van der Waals surface area contributed by atoms with Crippen LogP contribution in [0.2, 0.25) is 0 Å². The lowest BCUT2D eigenvalue weighted by molar-refractivity contribution is -0.148. The van der Waals surface area contributed by atoms with E-state index in [2.05, 4.69) is 0 Å². The number of carbonyl (C=O) groups excluding carboxylic acids is 1. The second-order valence-electron chi connectivity index (χ2n) is 7.19. The largest absolute Gasteiger partial charge is 0.483 e. The quantitative estimate of drug-likeness (QED) is 0.880. The Balaban J connectivity index is 1.63. The van der Waals surface area contributed by atoms with E-state index in [4.69, 9.17) is 4.74 Å². The van der Waals surface area contributed by atoms with E-state index in [9.17, 15) is 14.7 Å². The third kappa shape index (κ3) is 3.97. The van der Waals surface area contributed by atoms with E-state index < -0.39 is 11.4 Å². The van der Waals surface area contributed by atoms with Crippen molar-refractivity contribution in [1.29, 1.82) is 0 Å². The van der Waals surface area contributed by atoms with Gasteiger partial charge < -0.3 is 14.7 Å². The molecule has 1 aliphatic heterocycles. The molecule has 2 aromatic rings. The number of hydrogen-bond donors (Lipinski definition) is 1. The van der Waals surface area contributed by atoms with Gasteiger partial charge in [0, 0.05) is 13.1 Å². The number of carbonyl (C=O) groups is 2. The van der Waals surface area contributed by atoms with Crippen LogP contribution in [0.25, 0.3) is 0 Å². The van der Waals surface area contributed by atoms with Gasteiger partial charge in [0.2, 0.25) is 0 Å². The normalized spacial score (nSPS) is 16.0. The number of hydrogen-bond acceptors (Lipinski definition) is 3. The molecule has 0 bridgehead atoms. The molecule has 1 N–H and O–H groups in total. The number of nitrogens with zero attached hydrogens (tertiary/aromatic N) is 1. The molecule has 0 spiro atoms. The van der Waals surface area contributed by atoms with Crippen LogP contribution in [0.5, 0.6) is 5.75 Å². The van der Waals surface area contributed by atoms with Crippen molar-refractivity contribution in [2.45, 2.75) is 32.1 Å². The van der Waals surface area contributed by atoms with Gasteiger partial charge in [0.05, 0.1) is 5.41 Å². The van der Waals surface area contributed by atoms with Gasteiger partial charge in [-0.3, -0.25) is 9.59 Å². The molecule has 1 fully saturated rings. The number of ether oxygens (including phenoxy) is 1. The fraction of sp³-hybridized carbons (Fsp3) is 0.364. The Bertz CT molecular complexity index is 823. The summed E-state index contributed by atoms with van der Waals surface area (Å²) in [4.78, 5) is 26.2. The summed E-state index contributed by atoms with van der Waals surface area (Å²) in [6.07, 6.45) is 0.809. The first-order valence-electron chi connectivity index (χ1n) is 9.19. The van der Waals surface area contributed by atoms with Gasteiger partial charge in [-0.2, -0.15) is 0 Å². The van der Waals surface area contributed by atoms with Crippen molar-refractivity contribution in [2.24, 2.45) is 0 Å². The molecule has 0 atom stereocenters. The minimum Gasteiger partial charge on any atom is -0.483 e. The summed E-state index contributed by atoms with van der Waals surface area (Å²) < 4.78 is 5.71. The first-order chi connectivity index (χ1) is 12.9. The van der Waals surface area contributed by atoms with Crippen molar-refractivity contribution in [3.63, 3.8) is 0 Å². The maximum atomic E-state index is 12.5. The van der Waals surface area contributed by atoms with E-state index in [1.54, 1.807) is 4.90 Å². The Morgan fingerprint density at radius 2 is 1.74 bits per heavy atom. The molecule has 0 saturated carbocycles. The zero-order valence-electron chi connectivity index (χ0n) is 15.8. The smallest absolute Gasteiger partial charge is 0.314 e. The van der Waals surface area contributed by atoms with Gasteiger partial charge in [-0.1, -0.05) is 42.5 Å². The number of rotatable bonds is 5. The molecular weight excluding hydrogens is 342 g/mol. The van der Waals surface area contributed by atoms with Gasteiger partial charge >= 0.3 is 5.97 Å². The Kier molecular flexibility index (Phi) is 5.49. The van der Waals surface area contributed by atoms with Crippen molar-refractivity contribution in [2.75, 3.05) is 19.7 Å². The summed E-state index contributed by atoms with van der Waals surface area (Å²) in [6.45, 7) is 4.72. The van der Waals surface area contributed by atoms with Crippen LogP contribution in [0.1, 0.15) is 29.5 Å². The summed E-state index contributed by atoms with van der Waals surface area (Å²) in [7, 11) is 0.